The highest BCUT2D eigenvalue weighted by molar-refractivity contribution is 7.89. The summed E-state index contributed by atoms with van der Waals surface area (Å²) in [6.07, 6.45) is 6.55. The third-order valence-corrected chi connectivity index (χ3v) is 7.74. The van der Waals surface area contributed by atoms with E-state index in [1.807, 2.05) is 16.7 Å². The fourth-order valence-corrected chi connectivity index (χ4v) is 6.04. The molecule has 4 heterocycles. The lowest BCUT2D eigenvalue weighted by molar-refractivity contribution is 0.448. The number of nitrogens with zero attached hydrogens (tertiary/aromatic N) is 5. The van der Waals surface area contributed by atoms with E-state index < -0.39 is 10.0 Å². The van der Waals surface area contributed by atoms with Crippen molar-refractivity contribution in [1.29, 1.82) is 0 Å². The first kappa shape index (κ1) is 16.2. The molecule has 2 fully saturated rings. The minimum atomic E-state index is -3.19. The minimum absolute atomic E-state index is 0.0458. The monoisotopic (exact) mass is 374 g/mol. The van der Waals surface area contributed by atoms with Crippen LogP contribution in [-0.2, 0) is 10.0 Å². The molecule has 138 valence electrons. The number of hydrogen-bond acceptors (Lipinski definition) is 5. The first-order chi connectivity index (χ1) is 12.6. The summed E-state index contributed by atoms with van der Waals surface area (Å²) in [5.41, 5.74) is 2.40. The van der Waals surface area contributed by atoms with Gasteiger partial charge in [0, 0.05) is 25.2 Å². The minimum Gasteiger partial charge on any atom is -0.345 e. The number of hydrogen-bond donors (Lipinski definition) is 1. The van der Waals surface area contributed by atoms with Crippen LogP contribution < -0.4 is 0 Å². The first-order valence-electron chi connectivity index (χ1n) is 9.21. The van der Waals surface area contributed by atoms with E-state index in [0.29, 0.717) is 30.4 Å². The van der Waals surface area contributed by atoms with Crippen molar-refractivity contribution in [2.75, 3.05) is 18.8 Å². The van der Waals surface area contributed by atoms with E-state index in [4.69, 9.17) is 0 Å². The molecule has 2 atom stereocenters. The van der Waals surface area contributed by atoms with Crippen molar-refractivity contribution in [1.82, 2.24) is 28.9 Å². The highest BCUT2D eigenvalue weighted by atomic mass is 32.2. The van der Waals surface area contributed by atoms with Crippen LogP contribution in [0.2, 0.25) is 0 Å². The van der Waals surface area contributed by atoms with E-state index in [1.54, 1.807) is 10.5 Å². The summed E-state index contributed by atoms with van der Waals surface area (Å²) in [6.45, 7) is 3.18. The van der Waals surface area contributed by atoms with Gasteiger partial charge in [0.25, 0.3) is 0 Å². The molecule has 1 saturated heterocycles. The number of aromatic amines is 1. The summed E-state index contributed by atoms with van der Waals surface area (Å²) in [4.78, 5) is 7.47. The number of sulfonamides is 1. The van der Waals surface area contributed by atoms with Crippen LogP contribution in [0.5, 0.6) is 0 Å². The number of nitrogens with one attached hydrogen (secondary N) is 1. The Labute approximate surface area is 151 Å². The Morgan fingerprint density at radius 2 is 2.12 bits per heavy atom. The number of aromatic nitrogens is 5. The molecule has 0 aromatic carbocycles. The van der Waals surface area contributed by atoms with Crippen LogP contribution in [0.3, 0.4) is 0 Å². The summed E-state index contributed by atoms with van der Waals surface area (Å²) in [5.74, 6) is 1.78. The van der Waals surface area contributed by atoms with Gasteiger partial charge in [-0.25, -0.2) is 17.7 Å². The predicted molar refractivity (Wildman–Crippen MR) is 97.2 cm³/mol. The quantitative estimate of drug-likeness (QED) is 0.734. The molecule has 1 saturated carbocycles. The Hall–Kier alpha value is -2.00. The Morgan fingerprint density at radius 3 is 2.88 bits per heavy atom. The SMILES string of the molecule is CC[C@H]1CN(S(=O)(=O)CC2CC2)C[C@H]1c1nnc2cnc3[nH]ccc3n12. The van der Waals surface area contributed by atoms with E-state index >= 15 is 0 Å². The van der Waals surface area contributed by atoms with Gasteiger partial charge in [0.1, 0.15) is 5.82 Å². The van der Waals surface area contributed by atoms with Gasteiger partial charge >= 0.3 is 0 Å². The van der Waals surface area contributed by atoms with Crippen molar-refractivity contribution < 1.29 is 8.42 Å². The molecule has 3 aromatic heterocycles. The fourth-order valence-electron chi connectivity index (χ4n) is 4.09. The van der Waals surface area contributed by atoms with Crippen LogP contribution in [0, 0.1) is 11.8 Å². The molecule has 26 heavy (non-hydrogen) atoms. The van der Waals surface area contributed by atoms with Crippen LogP contribution >= 0.6 is 0 Å². The maximum atomic E-state index is 12.8. The molecule has 0 radical (unpaired) electrons. The van der Waals surface area contributed by atoms with Gasteiger partial charge in [0.15, 0.2) is 11.3 Å². The maximum Gasteiger partial charge on any atom is 0.214 e. The Bertz CT molecular complexity index is 1070. The molecule has 1 N–H and O–H groups in total. The van der Waals surface area contributed by atoms with Gasteiger partial charge in [-0.15, -0.1) is 10.2 Å². The lowest BCUT2D eigenvalue weighted by Gasteiger charge is -2.16. The molecule has 5 rings (SSSR count). The van der Waals surface area contributed by atoms with Crippen molar-refractivity contribution in [2.45, 2.75) is 32.1 Å². The molecular weight excluding hydrogens is 352 g/mol. The molecule has 0 unspecified atom stereocenters. The van der Waals surface area contributed by atoms with Crippen molar-refractivity contribution in [2.24, 2.45) is 11.8 Å². The third kappa shape index (κ3) is 2.52. The zero-order chi connectivity index (χ0) is 17.9. The first-order valence-corrected chi connectivity index (χ1v) is 10.8. The average Bonchev–Trinajstić information content (AvgIpc) is 3.07. The van der Waals surface area contributed by atoms with E-state index in [9.17, 15) is 8.42 Å². The number of rotatable bonds is 5. The van der Waals surface area contributed by atoms with Gasteiger partial charge in [-0.05, 0) is 30.7 Å². The Balaban J connectivity index is 1.54. The number of H-pyrrole nitrogens is 1. The van der Waals surface area contributed by atoms with Crippen LogP contribution in [0.25, 0.3) is 16.8 Å². The van der Waals surface area contributed by atoms with E-state index in [1.165, 1.54) is 0 Å². The summed E-state index contributed by atoms with van der Waals surface area (Å²) in [6, 6.07) is 1.96. The molecule has 2 aliphatic rings. The predicted octanol–water partition coefficient (Wildman–Crippen LogP) is 1.77. The lowest BCUT2D eigenvalue weighted by Crippen LogP contribution is -2.32. The molecule has 0 amide bonds. The zero-order valence-electron chi connectivity index (χ0n) is 14.7. The van der Waals surface area contributed by atoms with Gasteiger partial charge in [0.05, 0.1) is 17.5 Å². The standard InChI is InChI=1S/C17H22N6O2S/c1-2-12-8-22(26(24,25)10-11-3-4-11)9-13(12)17-21-20-15-7-19-16-14(23(15)17)5-6-18-16/h5-7,11-13,18H,2-4,8-10H2,1H3/t12-,13+/m0/s1. The highest BCUT2D eigenvalue weighted by Crippen LogP contribution is 2.38. The Kier molecular flexibility index (Phi) is 3.58. The van der Waals surface area contributed by atoms with Crippen molar-refractivity contribution in [3.63, 3.8) is 0 Å². The van der Waals surface area contributed by atoms with E-state index in [-0.39, 0.29) is 11.8 Å². The van der Waals surface area contributed by atoms with Gasteiger partial charge in [-0.2, -0.15) is 0 Å². The van der Waals surface area contributed by atoms with Crippen LogP contribution in [0.1, 0.15) is 37.9 Å². The van der Waals surface area contributed by atoms with Crippen LogP contribution in [-0.4, -0.2) is 56.1 Å². The van der Waals surface area contributed by atoms with E-state index in [2.05, 4.69) is 27.1 Å². The summed E-state index contributed by atoms with van der Waals surface area (Å²) >= 11 is 0. The molecule has 8 nitrogen and oxygen atoms in total. The summed E-state index contributed by atoms with van der Waals surface area (Å²) in [7, 11) is -3.19. The lowest BCUT2D eigenvalue weighted by atomic mass is 9.93. The van der Waals surface area contributed by atoms with Crippen molar-refractivity contribution >= 4 is 26.8 Å². The maximum absolute atomic E-state index is 12.8. The summed E-state index contributed by atoms with van der Waals surface area (Å²) in [5, 5.41) is 8.71. The van der Waals surface area contributed by atoms with Crippen LogP contribution in [0.4, 0.5) is 0 Å². The molecule has 0 bridgehead atoms. The molecule has 1 aliphatic carbocycles. The molecule has 0 spiro atoms. The number of fused-ring (bicyclic) bond motifs is 3. The molecule has 1 aliphatic heterocycles. The van der Waals surface area contributed by atoms with Crippen LogP contribution in [0.15, 0.2) is 18.5 Å². The second kappa shape index (κ2) is 5.75. The highest BCUT2D eigenvalue weighted by Gasteiger charge is 2.42. The topological polar surface area (TPSA) is 96.2 Å². The fraction of sp³-hybridized carbons (Fsp3) is 0.588. The van der Waals surface area contributed by atoms with E-state index in [0.717, 1.165) is 36.3 Å². The molecular formula is C17H22N6O2S. The second-order valence-corrected chi connectivity index (χ2v) is 9.55. The largest absolute Gasteiger partial charge is 0.345 e. The molecule has 3 aromatic rings. The Morgan fingerprint density at radius 1 is 1.27 bits per heavy atom. The second-order valence-electron chi connectivity index (χ2n) is 7.54. The third-order valence-electron chi connectivity index (χ3n) is 5.77. The zero-order valence-corrected chi connectivity index (χ0v) is 15.5. The van der Waals surface area contributed by atoms with Crippen molar-refractivity contribution in [3.8, 4) is 0 Å². The van der Waals surface area contributed by atoms with Gasteiger partial charge in [-0.3, -0.25) is 4.40 Å². The van der Waals surface area contributed by atoms with Gasteiger partial charge in [0.2, 0.25) is 10.0 Å². The summed E-state index contributed by atoms with van der Waals surface area (Å²) < 4.78 is 29.2. The molecule has 9 heteroatoms. The van der Waals surface area contributed by atoms with Gasteiger partial charge in [-0.1, -0.05) is 13.3 Å². The normalized spacial score (nSPS) is 24.8. The van der Waals surface area contributed by atoms with Gasteiger partial charge < -0.3 is 4.98 Å². The average molecular weight is 374 g/mol. The van der Waals surface area contributed by atoms with Crippen molar-refractivity contribution in [3.05, 3.63) is 24.3 Å². The smallest absolute Gasteiger partial charge is 0.214 e.